The highest BCUT2D eigenvalue weighted by Gasteiger charge is 2.26. The van der Waals surface area contributed by atoms with Gasteiger partial charge in [-0.2, -0.15) is 0 Å². The lowest BCUT2D eigenvalue weighted by Gasteiger charge is -2.34. The maximum absolute atomic E-state index is 13.1. The maximum atomic E-state index is 13.1. The Labute approximate surface area is 148 Å². The third kappa shape index (κ3) is 3.07. The number of amides is 1. The lowest BCUT2D eigenvalue weighted by Crippen LogP contribution is -2.49. The molecule has 1 saturated heterocycles. The number of piperazine rings is 1. The first-order chi connectivity index (χ1) is 12.2. The van der Waals surface area contributed by atoms with Gasteiger partial charge in [0.15, 0.2) is 0 Å². The molecular formula is C20H27N3O2. The van der Waals surface area contributed by atoms with E-state index in [1.807, 2.05) is 17.0 Å². The van der Waals surface area contributed by atoms with Gasteiger partial charge in [-0.15, -0.1) is 0 Å². The number of fused-ring (bicyclic) bond motifs is 3. The van der Waals surface area contributed by atoms with E-state index >= 15 is 0 Å². The molecule has 1 atom stereocenters. The molecule has 0 radical (unpaired) electrons. The van der Waals surface area contributed by atoms with Crippen molar-refractivity contribution in [2.24, 2.45) is 5.92 Å². The number of aliphatic hydroxyl groups is 1. The number of rotatable bonds is 3. The molecule has 1 aliphatic heterocycles. The van der Waals surface area contributed by atoms with E-state index in [4.69, 9.17) is 5.11 Å². The van der Waals surface area contributed by atoms with E-state index < -0.39 is 0 Å². The highest BCUT2D eigenvalue weighted by molar-refractivity contribution is 6.06. The molecule has 1 fully saturated rings. The number of hydrogen-bond acceptors (Lipinski definition) is 3. The number of nitrogens with zero attached hydrogens (tertiary/aromatic N) is 2. The minimum atomic E-state index is 0.126. The molecule has 0 spiro atoms. The second-order valence-corrected chi connectivity index (χ2v) is 7.52. The molecule has 4 rings (SSSR count). The van der Waals surface area contributed by atoms with E-state index in [9.17, 15) is 4.79 Å². The first kappa shape index (κ1) is 16.6. The Balaban J connectivity index is 1.60. The average Bonchev–Trinajstić information content (AvgIpc) is 3.00. The number of benzene rings is 1. The molecule has 1 aromatic carbocycles. The smallest absolute Gasteiger partial charge is 0.256 e. The lowest BCUT2D eigenvalue weighted by molar-refractivity contribution is 0.0616. The number of β-amino-alcohol motifs (C(OH)–C–C–N with tert-alkyl or cyclic N) is 1. The van der Waals surface area contributed by atoms with Gasteiger partial charge < -0.3 is 15.0 Å². The van der Waals surface area contributed by atoms with Gasteiger partial charge in [-0.05, 0) is 36.8 Å². The number of aryl methyl sites for hydroxylation is 1. The van der Waals surface area contributed by atoms with Crippen molar-refractivity contribution in [3.8, 4) is 0 Å². The number of aromatic amines is 1. The molecule has 2 aliphatic rings. The largest absolute Gasteiger partial charge is 0.395 e. The monoisotopic (exact) mass is 341 g/mol. The summed E-state index contributed by atoms with van der Waals surface area (Å²) in [6.07, 6.45) is 3.40. The van der Waals surface area contributed by atoms with Crippen molar-refractivity contribution in [1.29, 1.82) is 0 Å². The van der Waals surface area contributed by atoms with E-state index in [0.29, 0.717) is 12.5 Å². The molecule has 2 heterocycles. The molecular weight excluding hydrogens is 314 g/mol. The van der Waals surface area contributed by atoms with Crippen LogP contribution in [0.5, 0.6) is 0 Å². The van der Waals surface area contributed by atoms with Crippen molar-refractivity contribution in [3.05, 3.63) is 35.0 Å². The van der Waals surface area contributed by atoms with Crippen molar-refractivity contribution in [2.45, 2.75) is 26.2 Å². The fourth-order valence-corrected chi connectivity index (χ4v) is 4.28. The zero-order valence-electron chi connectivity index (χ0n) is 14.9. The Morgan fingerprint density at radius 2 is 2.08 bits per heavy atom. The standard InChI is InChI=1S/C20H27N3O2/c1-14-5-6-18-17(13-14)15-3-2-4-16(19(15)21-18)20(25)23-9-7-22(8-10-23)11-12-24/h2-4,14,21,24H,5-13H2,1H3. The van der Waals surface area contributed by atoms with Crippen LogP contribution in [0.4, 0.5) is 0 Å². The van der Waals surface area contributed by atoms with Crippen molar-refractivity contribution < 1.29 is 9.90 Å². The van der Waals surface area contributed by atoms with E-state index in [2.05, 4.69) is 22.9 Å². The van der Waals surface area contributed by atoms with Gasteiger partial charge in [0, 0.05) is 43.8 Å². The number of aliphatic hydroxyl groups excluding tert-OH is 1. The van der Waals surface area contributed by atoms with Gasteiger partial charge in [0.1, 0.15) is 0 Å². The molecule has 1 aliphatic carbocycles. The van der Waals surface area contributed by atoms with Gasteiger partial charge in [0.05, 0.1) is 17.7 Å². The number of nitrogens with one attached hydrogen (secondary N) is 1. The molecule has 25 heavy (non-hydrogen) atoms. The van der Waals surface area contributed by atoms with Crippen LogP contribution in [0.2, 0.25) is 0 Å². The highest BCUT2D eigenvalue weighted by atomic mass is 16.3. The Morgan fingerprint density at radius 1 is 1.28 bits per heavy atom. The van der Waals surface area contributed by atoms with E-state index in [1.165, 1.54) is 23.1 Å². The second kappa shape index (κ2) is 6.81. The van der Waals surface area contributed by atoms with Gasteiger partial charge in [-0.25, -0.2) is 0 Å². The van der Waals surface area contributed by atoms with Crippen LogP contribution in [-0.4, -0.2) is 65.1 Å². The van der Waals surface area contributed by atoms with Crippen molar-refractivity contribution >= 4 is 16.8 Å². The Kier molecular flexibility index (Phi) is 4.52. The Hall–Kier alpha value is -1.85. The molecule has 2 aromatic rings. The number of carbonyl (C=O) groups is 1. The van der Waals surface area contributed by atoms with Crippen molar-refractivity contribution in [3.63, 3.8) is 0 Å². The maximum Gasteiger partial charge on any atom is 0.256 e. The van der Waals surface area contributed by atoms with Crippen LogP contribution < -0.4 is 0 Å². The van der Waals surface area contributed by atoms with Gasteiger partial charge in [-0.1, -0.05) is 19.1 Å². The molecule has 5 heteroatoms. The fraction of sp³-hybridized carbons (Fsp3) is 0.550. The topological polar surface area (TPSA) is 59.6 Å². The molecule has 2 N–H and O–H groups in total. The molecule has 134 valence electrons. The molecule has 5 nitrogen and oxygen atoms in total. The van der Waals surface area contributed by atoms with Crippen molar-refractivity contribution in [1.82, 2.24) is 14.8 Å². The van der Waals surface area contributed by atoms with Gasteiger partial charge in [-0.3, -0.25) is 9.69 Å². The third-order valence-electron chi connectivity index (χ3n) is 5.78. The molecule has 1 unspecified atom stereocenters. The number of hydrogen-bond donors (Lipinski definition) is 2. The first-order valence-electron chi connectivity index (χ1n) is 9.42. The summed E-state index contributed by atoms with van der Waals surface area (Å²) in [5.41, 5.74) is 4.55. The number of aromatic nitrogens is 1. The fourth-order valence-electron chi connectivity index (χ4n) is 4.28. The van der Waals surface area contributed by atoms with Crippen LogP contribution in [0.3, 0.4) is 0 Å². The zero-order chi connectivity index (χ0) is 17.4. The van der Waals surface area contributed by atoms with E-state index in [1.54, 1.807) is 0 Å². The molecule has 0 bridgehead atoms. The summed E-state index contributed by atoms with van der Waals surface area (Å²) in [5.74, 6) is 0.839. The lowest BCUT2D eigenvalue weighted by atomic mass is 9.87. The summed E-state index contributed by atoms with van der Waals surface area (Å²) in [6.45, 7) is 6.31. The predicted molar refractivity (Wildman–Crippen MR) is 98.9 cm³/mol. The van der Waals surface area contributed by atoms with E-state index in [-0.39, 0.29) is 12.5 Å². The number of H-pyrrole nitrogens is 1. The number of para-hydroxylation sites is 1. The SMILES string of the molecule is CC1CCc2[nH]c3c(C(=O)N4CCN(CCO)CC4)cccc3c2C1. The quantitative estimate of drug-likeness (QED) is 0.898. The minimum Gasteiger partial charge on any atom is -0.395 e. The Bertz CT molecular complexity index is 775. The third-order valence-corrected chi connectivity index (χ3v) is 5.78. The van der Waals surface area contributed by atoms with Gasteiger partial charge >= 0.3 is 0 Å². The summed E-state index contributed by atoms with van der Waals surface area (Å²) >= 11 is 0. The summed E-state index contributed by atoms with van der Waals surface area (Å²) in [4.78, 5) is 20.8. The van der Waals surface area contributed by atoms with Crippen molar-refractivity contribution in [2.75, 3.05) is 39.3 Å². The van der Waals surface area contributed by atoms with Crippen LogP contribution in [0, 0.1) is 5.92 Å². The van der Waals surface area contributed by atoms with Crippen LogP contribution in [0.25, 0.3) is 10.9 Å². The normalized spacial score (nSPS) is 21.5. The van der Waals surface area contributed by atoms with Crippen LogP contribution in [0.1, 0.15) is 35.0 Å². The summed E-state index contributed by atoms with van der Waals surface area (Å²) in [6, 6.07) is 6.12. The molecule has 1 amide bonds. The van der Waals surface area contributed by atoms with Crippen LogP contribution in [-0.2, 0) is 12.8 Å². The second-order valence-electron chi connectivity index (χ2n) is 7.52. The van der Waals surface area contributed by atoms with Crippen LogP contribution >= 0.6 is 0 Å². The summed E-state index contributed by atoms with van der Waals surface area (Å²) < 4.78 is 0. The average molecular weight is 341 g/mol. The minimum absolute atomic E-state index is 0.126. The zero-order valence-corrected chi connectivity index (χ0v) is 14.9. The first-order valence-corrected chi connectivity index (χ1v) is 9.42. The molecule has 0 saturated carbocycles. The van der Waals surface area contributed by atoms with Crippen LogP contribution in [0.15, 0.2) is 18.2 Å². The molecule has 1 aromatic heterocycles. The van der Waals surface area contributed by atoms with Gasteiger partial charge in [0.25, 0.3) is 5.91 Å². The van der Waals surface area contributed by atoms with E-state index in [0.717, 1.165) is 50.1 Å². The summed E-state index contributed by atoms with van der Waals surface area (Å²) in [7, 11) is 0. The number of carbonyl (C=O) groups excluding carboxylic acids is 1. The predicted octanol–water partition coefficient (Wildman–Crippen LogP) is 2.04. The van der Waals surface area contributed by atoms with Gasteiger partial charge in [0.2, 0.25) is 0 Å². The Morgan fingerprint density at radius 3 is 2.84 bits per heavy atom. The summed E-state index contributed by atoms with van der Waals surface area (Å²) in [5, 5.41) is 10.3. The highest BCUT2D eigenvalue weighted by Crippen LogP contribution is 2.33.